The highest BCUT2D eigenvalue weighted by atomic mass is 15.1. The third-order valence-corrected chi connectivity index (χ3v) is 3.19. The van der Waals surface area contributed by atoms with Crippen molar-refractivity contribution in [2.75, 3.05) is 13.6 Å². The fourth-order valence-corrected chi connectivity index (χ4v) is 2.01. The van der Waals surface area contributed by atoms with Crippen LogP contribution in [-0.2, 0) is 6.54 Å². The molecule has 0 unspecified atom stereocenters. The Balaban J connectivity index is 2.23. The molecule has 1 N–H and O–H groups in total. The molecule has 2 rings (SSSR count). The zero-order chi connectivity index (χ0) is 13.0. The van der Waals surface area contributed by atoms with Crippen LogP contribution in [0.4, 0.5) is 0 Å². The highest BCUT2D eigenvalue weighted by Gasteiger charge is 2.05. The average molecular weight is 243 g/mol. The predicted octanol–water partition coefficient (Wildman–Crippen LogP) is 2.89. The molecule has 0 bridgehead atoms. The van der Waals surface area contributed by atoms with Gasteiger partial charge in [0.25, 0.3) is 0 Å². The van der Waals surface area contributed by atoms with Crippen molar-refractivity contribution in [2.24, 2.45) is 0 Å². The van der Waals surface area contributed by atoms with Gasteiger partial charge in [-0.25, -0.2) is 4.98 Å². The van der Waals surface area contributed by atoms with Crippen molar-refractivity contribution in [2.45, 2.75) is 26.3 Å². The summed E-state index contributed by atoms with van der Waals surface area (Å²) in [7, 11) is 1.97. The Bertz CT molecular complexity index is 483. The Hall–Kier alpha value is -1.61. The number of hydrogen-bond donors (Lipinski definition) is 1. The van der Waals surface area contributed by atoms with E-state index >= 15 is 0 Å². The topological polar surface area (TPSA) is 29.9 Å². The summed E-state index contributed by atoms with van der Waals surface area (Å²) in [5.74, 6) is 0.577. The van der Waals surface area contributed by atoms with Crippen molar-refractivity contribution < 1.29 is 0 Å². The van der Waals surface area contributed by atoms with Crippen molar-refractivity contribution in [3.8, 4) is 11.3 Å². The fourth-order valence-electron chi connectivity index (χ4n) is 2.01. The quantitative estimate of drug-likeness (QED) is 0.875. The Morgan fingerprint density at radius 1 is 1.22 bits per heavy atom. The molecular weight excluding hydrogens is 222 g/mol. The third-order valence-electron chi connectivity index (χ3n) is 3.19. The standard InChI is InChI=1S/C15H21N3/c1-12(2)13-4-6-14(7-5-13)15-10-17-11-18(15)9-8-16-3/h4-7,10-12,16H,8-9H2,1-3H3. The maximum atomic E-state index is 4.24. The van der Waals surface area contributed by atoms with E-state index in [0.29, 0.717) is 5.92 Å². The molecule has 1 aromatic heterocycles. The maximum Gasteiger partial charge on any atom is 0.0951 e. The van der Waals surface area contributed by atoms with Crippen LogP contribution in [-0.4, -0.2) is 23.1 Å². The van der Waals surface area contributed by atoms with Crippen molar-refractivity contribution in [1.82, 2.24) is 14.9 Å². The molecule has 0 aliphatic carbocycles. The van der Waals surface area contributed by atoms with E-state index in [1.54, 1.807) is 0 Å². The van der Waals surface area contributed by atoms with Gasteiger partial charge in [-0.2, -0.15) is 0 Å². The Morgan fingerprint density at radius 3 is 2.56 bits per heavy atom. The predicted molar refractivity (Wildman–Crippen MR) is 75.7 cm³/mol. The smallest absolute Gasteiger partial charge is 0.0951 e. The summed E-state index contributed by atoms with van der Waals surface area (Å²) in [4.78, 5) is 4.24. The maximum absolute atomic E-state index is 4.24. The molecule has 18 heavy (non-hydrogen) atoms. The molecule has 0 atom stereocenters. The summed E-state index contributed by atoms with van der Waals surface area (Å²) in [6.45, 7) is 6.32. The average Bonchev–Trinajstić information content (AvgIpc) is 2.84. The van der Waals surface area contributed by atoms with Crippen LogP contribution < -0.4 is 5.32 Å². The molecule has 0 fully saturated rings. The van der Waals surface area contributed by atoms with Crippen LogP contribution in [0.5, 0.6) is 0 Å². The number of rotatable bonds is 5. The minimum atomic E-state index is 0.577. The first-order chi connectivity index (χ1) is 8.72. The second kappa shape index (κ2) is 5.83. The number of nitrogens with zero attached hydrogens (tertiary/aromatic N) is 2. The van der Waals surface area contributed by atoms with E-state index in [0.717, 1.165) is 13.1 Å². The molecule has 0 aliphatic rings. The van der Waals surface area contributed by atoms with Crippen LogP contribution in [0.15, 0.2) is 36.8 Å². The molecule has 0 spiro atoms. The molecule has 3 nitrogen and oxygen atoms in total. The van der Waals surface area contributed by atoms with Gasteiger partial charge in [0, 0.05) is 13.1 Å². The van der Waals surface area contributed by atoms with E-state index in [9.17, 15) is 0 Å². The van der Waals surface area contributed by atoms with Crippen LogP contribution in [0.3, 0.4) is 0 Å². The van der Waals surface area contributed by atoms with Gasteiger partial charge in [0.05, 0.1) is 18.2 Å². The van der Waals surface area contributed by atoms with Gasteiger partial charge < -0.3 is 9.88 Å². The number of imidazole rings is 1. The van der Waals surface area contributed by atoms with E-state index < -0.39 is 0 Å². The van der Waals surface area contributed by atoms with Crippen LogP contribution in [0.1, 0.15) is 25.3 Å². The van der Waals surface area contributed by atoms with Crippen molar-refractivity contribution in [1.29, 1.82) is 0 Å². The lowest BCUT2D eigenvalue weighted by Gasteiger charge is -2.10. The molecular formula is C15H21N3. The SMILES string of the molecule is CNCCn1cncc1-c1ccc(C(C)C)cc1. The van der Waals surface area contributed by atoms with Gasteiger partial charge in [0.1, 0.15) is 0 Å². The first-order valence-corrected chi connectivity index (χ1v) is 6.47. The minimum absolute atomic E-state index is 0.577. The van der Waals surface area contributed by atoms with Gasteiger partial charge >= 0.3 is 0 Å². The van der Waals surface area contributed by atoms with E-state index in [4.69, 9.17) is 0 Å². The lowest BCUT2D eigenvalue weighted by atomic mass is 10.0. The number of aromatic nitrogens is 2. The van der Waals surface area contributed by atoms with E-state index in [2.05, 4.69) is 53.0 Å². The lowest BCUT2D eigenvalue weighted by molar-refractivity contribution is 0.648. The molecule has 3 heteroatoms. The second-order valence-electron chi connectivity index (χ2n) is 4.85. The Kier molecular flexibility index (Phi) is 4.15. The van der Waals surface area contributed by atoms with Gasteiger partial charge in [-0.15, -0.1) is 0 Å². The van der Waals surface area contributed by atoms with E-state index in [-0.39, 0.29) is 0 Å². The summed E-state index contributed by atoms with van der Waals surface area (Å²) in [6.07, 6.45) is 3.82. The van der Waals surface area contributed by atoms with Crippen LogP contribution in [0.25, 0.3) is 11.3 Å². The number of hydrogen-bond acceptors (Lipinski definition) is 2. The van der Waals surface area contributed by atoms with Crippen LogP contribution >= 0.6 is 0 Å². The zero-order valence-corrected chi connectivity index (χ0v) is 11.4. The lowest BCUT2D eigenvalue weighted by Crippen LogP contribution is -2.14. The van der Waals surface area contributed by atoms with Gasteiger partial charge in [-0.3, -0.25) is 0 Å². The van der Waals surface area contributed by atoms with Crippen molar-refractivity contribution in [3.05, 3.63) is 42.4 Å². The number of benzene rings is 1. The first-order valence-electron chi connectivity index (χ1n) is 6.47. The van der Waals surface area contributed by atoms with Gasteiger partial charge in [-0.1, -0.05) is 38.1 Å². The van der Waals surface area contributed by atoms with Gasteiger partial charge in [-0.05, 0) is 24.1 Å². The zero-order valence-electron chi connectivity index (χ0n) is 11.4. The fraction of sp³-hybridized carbons (Fsp3) is 0.400. The normalized spacial score (nSPS) is 11.1. The van der Waals surface area contributed by atoms with Crippen LogP contribution in [0, 0.1) is 0 Å². The Labute approximate surface area is 109 Å². The summed E-state index contributed by atoms with van der Waals surface area (Å²) in [6, 6.07) is 8.77. The van der Waals surface area contributed by atoms with E-state index in [1.165, 1.54) is 16.8 Å². The Morgan fingerprint density at radius 2 is 1.94 bits per heavy atom. The molecule has 1 heterocycles. The number of nitrogens with one attached hydrogen (secondary N) is 1. The van der Waals surface area contributed by atoms with E-state index in [1.807, 2.05) is 19.6 Å². The van der Waals surface area contributed by atoms with Gasteiger partial charge in [0.15, 0.2) is 0 Å². The summed E-state index contributed by atoms with van der Waals surface area (Å²) >= 11 is 0. The molecule has 1 aromatic carbocycles. The summed E-state index contributed by atoms with van der Waals surface area (Å²) in [5, 5.41) is 3.16. The molecule has 0 saturated carbocycles. The summed E-state index contributed by atoms with van der Waals surface area (Å²) in [5.41, 5.74) is 3.79. The summed E-state index contributed by atoms with van der Waals surface area (Å²) < 4.78 is 2.18. The van der Waals surface area contributed by atoms with Gasteiger partial charge in [0.2, 0.25) is 0 Å². The molecule has 0 radical (unpaired) electrons. The largest absolute Gasteiger partial charge is 0.329 e. The molecule has 2 aromatic rings. The monoisotopic (exact) mass is 243 g/mol. The first kappa shape index (κ1) is 12.8. The highest BCUT2D eigenvalue weighted by molar-refractivity contribution is 5.59. The second-order valence-corrected chi connectivity index (χ2v) is 4.85. The highest BCUT2D eigenvalue weighted by Crippen LogP contribution is 2.22. The van der Waals surface area contributed by atoms with Crippen LogP contribution in [0.2, 0.25) is 0 Å². The minimum Gasteiger partial charge on any atom is -0.329 e. The third kappa shape index (κ3) is 2.79. The molecule has 0 saturated heterocycles. The molecule has 96 valence electrons. The molecule has 0 aliphatic heterocycles. The van der Waals surface area contributed by atoms with Crippen molar-refractivity contribution >= 4 is 0 Å². The molecule has 0 amide bonds. The number of likely N-dealkylation sites (N-methyl/N-ethyl adjacent to an activating group) is 1. The van der Waals surface area contributed by atoms with Crippen molar-refractivity contribution in [3.63, 3.8) is 0 Å².